The molecule has 36 heavy (non-hydrogen) atoms. The van der Waals surface area contributed by atoms with Gasteiger partial charge in [-0.1, -0.05) is 42.5 Å². The van der Waals surface area contributed by atoms with Crippen molar-refractivity contribution in [3.8, 4) is 16.9 Å². The van der Waals surface area contributed by atoms with E-state index >= 15 is 0 Å². The molecular weight excluding hydrogens is 482 g/mol. The van der Waals surface area contributed by atoms with Crippen LogP contribution in [0, 0.1) is 6.92 Å². The summed E-state index contributed by atoms with van der Waals surface area (Å²) in [5.74, 6) is -0.529. The van der Waals surface area contributed by atoms with E-state index in [1.54, 1.807) is 12.1 Å². The molecule has 1 amide bonds. The summed E-state index contributed by atoms with van der Waals surface area (Å²) in [6.07, 6.45) is 3.22. The summed E-state index contributed by atoms with van der Waals surface area (Å²) in [6.45, 7) is 9.72. The van der Waals surface area contributed by atoms with Crippen molar-refractivity contribution < 1.29 is 31.7 Å². The van der Waals surface area contributed by atoms with Crippen LogP contribution >= 0.6 is 0 Å². The first kappa shape index (κ1) is 28.8. The highest BCUT2D eigenvalue weighted by Gasteiger charge is 2.27. The first-order valence-electron chi connectivity index (χ1n) is 11.4. The number of hydrogen-bond acceptors (Lipinski definition) is 7. The van der Waals surface area contributed by atoms with E-state index < -0.39 is 34.1 Å². The summed E-state index contributed by atoms with van der Waals surface area (Å²) in [4.78, 5) is 25.1. The van der Waals surface area contributed by atoms with Crippen LogP contribution in [0.4, 0.5) is 0 Å². The van der Waals surface area contributed by atoms with E-state index in [0.717, 1.165) is 22.9 Å². The quantitative estimate of drug-likeness (QED) is 0.173. The lowest BCUT2D eigenvalue weighted by Crippen LogP contribution is -2.40. The van der Waals surface area contributed by atoms with Gasteiger partial charge in [0.15, 0.2) is 6.10 Å². The molecule has 0 radical (unpaired) electrons. The maximum Gasteiger partial charge on any atom is 0.307 e. The van der Waals surface area contributed by atoms with Crippen LogP contribution in [0.1, 0.15) is 36.4 Å². The number of nitrogens with one attached hydrogen (secondary N) is 1. The van der Waals surface area contributed by atoms with Crippen LogP contribution in [0.3, 0.4) is 0 Å². The third-order valence-electron chi connectivity index (χ3n) is 5.27. The molecule has 0 saturated heterocycles. The normalized spacial score (nSPS) is 12.8. The maximum absolute atomic E-state index is 12.9. The zero-order chi connectivity index (χ0) is 26.7. The number of ether oxygens (including phenoxy) is 2. The summed E-state index contributed by atoms with van der Waals surface area (Å²) >= 11 is 0. The fraction of sp³-hybridized carbons (Fsp3) is 0.333. The first-order valence-corrected chi connectivity index (χ1v) is 13.2. The van der Waals surface area contributed by atoms with Crippen molar-refractivity contribution in [1.29, 1.82) is 0 Å². The topological polar surface area (TPSA) is 108 Å². The zero-order valence-electron chi connectivity index (χ0n) is 20.9. The molecule has 0 saturated carbocycles. The number of amides is 1. The van der Waals surface area contributed by atoms with Gasteiger partial charge in [0, 0.05) is 12.0 Å². The van der Waals surface area contributed by atoms with Crippen LogP contribution in [-0.2, 0) is 28.6 Å². The van der Waals surface area contributed by atoms with E-state index in [2.05, 4.69) is 18.5 Å². The highest BCUT2D eigenvalue weighted by atomic mass is 32.2. The largest absolute Gasteiger partial charge is 0.493 e. The Labute approximate surface area is 213 Å². The molecule has 2 aromatic carbocycles. The lowest BCUT2D eigenvalue weighted by molar-refractivity contribution is -0.141. The minimum Gasteiger partial charge on any atom is -0.493 e. The summed E-state index contributed by atoms with van der Waals surface area (Å²) in [5, 5.41) is 2.74. The number of hydrogen-bond donors (Lipinski definition) is 1. The van der Waals surface area contributed by atoms with Crippen LogP contribution in [0.15, 0.2) is 67.8 Å². The molecular formula is C27H33NO7S. The van der Waals surface area contributed by atoms with Gasteiger partial charge >= 0.3 is 5.97 Å². The molecule has 194 valence electrons. The van der Waals surface area contributed by atoms with Crippen molar-refractivity contribution in [3.63, 3.8) is 0 Å². The van der Waals surface area contributed by atoms with Gasteiger partial charge in [-0.3, -0.25) is 13.8 Å². The molecule has 8 nitrogen and oxygen atoms in total. The Morgan fingerprint density at radius 2 is 1.83 bits per heavy atom. The van der Waals surface area contributed by atoms with Gasteiger partial charge < -0.3 is 14.8 Å². The minimum atomic E-state index is -3.90. The Morgan fingerprint density at radius 1 is 1.11 bits per heavy atom. The average Bonchev–Trinajstić information content (AvgIpc) is 2.82. The molecule has 0 aliphatic carbocycles. The van der Waals surface area contributed by atoms with Crippen molar-refractivity contribution in [3.05, 3.63) is 78.9 Å². The third-order valence-corrected chi connectivity index (χ3v) is 5.85. The van der Waals surface area contributed by atoms with Crippen molar-refractivity contribution in [2.75, 3.05) is 20.0 Å². The Kier molecular flexibility index (Phi) is 10.9. The van der Waals surface area contributed by atoms with Gasteiger partial charge in [-0.25, -0.2) is 0 Å². The van der Waals surface area contributed by atoms with Crippen molar-refractivity contribution in [1.82, 2.24) is 5.32 Å². The second-order valence-electron chi connectivity index (χ2n) is 8.15. The minimum absolute atomic E-state index is 0.0293. The molecule has 0 unspecified atom stereocenters. The molecule has 1 N–H and O–H groups in total. The summed E-state index contributed by atoms with van der Waals surface area (Å²) in [5.41, 5.74) is 3.34. The third kappa shape index (κ3) is 8.66. The molecule has 0 spiro atoms. The predicted molar refractivity (Wildman–Crippen MR) is 139 cm³/mol. The van der Waals surface area contributed by atoms with Gasteiger partial charge in [0.05, 0.1) is 32.4 Å². The molecule has 0 aliphatic heterocycles. The predicted octanol–water partition coefficient (Wildman–Crippen LogP) is 4.26. The van der Waals surface area contributed by atoms with E-state index in [4.69, 9.17) is 13.7 Å². The second kappa shape index (κ2) is 13.6. The van der Waals surface area contributed by atoms with E-state index in [9.17, 15) is 18.0 Å². The van der Waals surface area contributed by atoms with Gasteiger partial charge in [-0.15, -0.1) is 13.2 Å². The fourth-order valence-corrected chi connectivity index (χ4v) is 4.20. The Bertz CT molecular complexity index is 1190. The van der Waals surface area contributed by atoms with Crippen LogP contribution in [0.2, 0.25) is 0 Å². The monoisotopic (exact) mass is 515 g/mol. The number of esters is 1. The molecule has 2 rings (SSSR count). The average molecular weight is 516 g/mol. The van der Waals surface area contributed by atoms with Crippen molar-refractivity contribution in [2.45, 2.75) is 38.3 Å². The van der Waals surface area contributed by atoms with Gasteiger partial charge in [0.1, 0.15) is 5.75 Å². The number of rotatable bonds is 14. The SMILES string of the molecule is C=CCCOc1cccc(C)c1-c1cccc([C@H](CC(=O)OC)NC(=O)[C@@H](CC=C)OS(C)(=O)=O)c1. The maximum atomic E-state index is 12.9. The molecule has 2 aromatic rings. The highest BCUT2D eigenvalue weighted by Crippen LogP contribution is 2.35. The Morgan fingerprint density at radius 3 is 2.47 bits per heavy atom. The van der Waals surface area contributed by atoms with E-state index in [1.165, 1.54) is 13.2 Å². The van der Waals surface area contributed by atoms with Crippen LogP contribution < -0.4 is 10.1 Å². The number of carbonyl (C=O) groups excluding carboxylic acids is 2. The Hall–Kier alpha value is -3.43. The second-order valence-corrected chi connectivity index (χ2v) is 9.75. The fourth-order valence-electron chi connectivity index (χ4n) is 3.61. The summed E-state index contributed by atoms with van der Waals surface area (Å²) < 4.78 is 39.0. The highest BCUT2D eigenvalue weighted by molar-refractivity contribution is 7.86. The lowest BCUT2D eigenvalue weighted by Gasteiger charge is -2.22. The van der Waals surface area contributed by atoms with Crippen LogP contribution in [0.25, 0.3) is 11.1 Å². The number of benzene rings is 2. The lowest BCUT2D eigenvalue weighted by atomic mass is 9.94. The molecule has 0 heterocycles. The van der Waals surface area contributed by atoms with Gasteiger partial charge in [0.25, 0.3) is 16.0 Å². The van der Waals surface area contributed by atoms with Gasteiger partial charge in [-0.05, 0) is 42.2 Å². The standard InChI is InChI=1S/C27H33NO7S/c1-6-8-16-34-23-15-9-12-19(3)26(23)21-14-10-13-20(17-21)22(18-25(29)33-4)28-27(30)24(11-7-2)35-36(5,31)32/h6-7,9-10,12-15,17,22,24H,1-2,8,11,16,18H2,3-5H3,(H,28,30)/t22-,24+/m0/s1. The van der Waals surface area contributed by atoms with E-state index in [-0.39, 0.29) is 12.8 Å². The first-order chi connectivity index (χ1) is 17.1. The number of aryl methyl sites for hydroxylation is 1. The van der Waals surface area contributed by atoms with Gasteiger partial charge in [0.2, 0.25) is 0 Å². The Balaban J connectivity index is 2.45. The van der Waals surface area contributed by atoms with Crippen molar-refractivity contribution in [2.24, 2.45) is 0 Å². The molecule has 0 aromatic heterocycles. The van der Waals surface area contributed by atoms with Gasteiger partial charge in [-0.2, -0.15) is 8.42 Å². The molecule has 0 aliphatic rings. The van der Waals surface area contributed by atoms with Crippen LogP contribution in [-0.4, -0.2) is 46.4 Å². The van der Waals surface area contributed by atoms with Crippen molar-refractivity contribution >= 4 is 22.0 Å². The zero-order valence-corrected chi connectivity index (χ0v) is 21.7. The van der Waals surface area contributed by atoms with E-state index in [0.29, 0.717) is 24.3 Å². The number of carbonyl (C=O) groups is 2. The smallest absolute Gasteiger partial charge is 0.307 e. The molecule has 0 bridgehead atoms. The van der Waals surface area contributed by atoms with E-state index in [1.807, 2.05) is 43.3 Å². The van der Waals surface area contributed by atoms with Crippen LogP contribution in [0.5, 0.6) is 5.75 Å². The summed E-state index contributed by atoms with van der Waals surface area (Å²) in [6, 6.07) is 12.3. The molecule has 2 atom stereocenters. The molecule has 0 fully saturated rings. The molecule has 9 heteroatoms. The summed E-state index contributed by atoms with van der Waals surface area (Å²) in [7, 11) is -2.65. The number of methoxy groups -OCH3 is 1.